The maximum atomic E-state index is 10.9. The molecule has 0 saturated carbocycles. The minimum Gasteiger partial charge on any atom is -0.377 e. The van der Waals surface area contributed by atoms with Crippen LogP contribution in [-0.4, -0.2) is 44.7 Å². The molecule has 1 aliphatic rings. The van der Waals surface area contributed by atoms with Crippen LogP contribution < -0.4 is 0 Å². The molecule has 0 aromatic heterocycles. The first-order valence-electron chi connectivity index (χ1n) is 4.51. The summed E-state index contributed by atoms with van der Waals surface area (Å²) in [7, 11) is -1.10. The summed E-state index contributed by atoms with van der Waals surface area (Å²) in [5.41, 5.74) is 0.943. The minimum absolute atomic E-state index is 0.131. The fraction of sp³-hybridized carbons (Fsp3) is 0.667. The molecule has 0 N–H and O–H groups in total. The molecule has 0 atom stereocenters. The van der Waals surface area contributed by atoms with Gasteiger partial charge in [0.2, 0.25) is 0 Å². The first-order chi connectivity index (χ1) is 6.38. The van der Waals surface area contributed by atoms with Gasteiger partial charge in [-0.1, -0.05) is 0 Å². The van der Waals surface area contributed by atoms with Crippen molar-refractivity contribution in [3.05, 3.63) is 11.8 Å². The normalized spacial score (nSPS) is 17.0. The topological polar surface area (TPSA) is 54.5 Å². The highest BCUT2D eigenvalue weighted by Crippen LogP contribution is 2.17. The molecule has 0 amide bonds. The first-order valence-corrected chi connectivity index (χ1v) is 6.57. The van der Waals surface area contributed by atoms with Crippen LogP contribution in [0, 0.1) is 0 Å². The molecule has 0 fully saturated rings. The standard InChI is InChI=1S/C9H15NO3S/c1-10(5-6-14(2,12)13)8-3-4-9(11)7-8/h7H,3-6H2,1-2H3. The van der Waals surface area contributed by atoms with E-state index in [1.54, 1.807) is 6.08 Å². The molecular formula is C9H15NO3S. The zero-order valence-corrected chi connectivity index (χ0v) is 9.30. The van der Waals surface area contributed by atoms with Crippen LogP contribution in [-0.2, 0) is 14.6 Å². The molecule has 0 bridgehead atoms. The van der Waals surface area contributed by atoms with E-state index in [1.807, 2.05) is 11.9 Å². The van der Waals surface area contributed by atoms with Gasteiger partial charge in [-0.25, -0.2) is 8.42 Å². The van der Waals surface area contributed by atoms with E-state index in [2.05, 4.69) is 0 Å². The molecule has 4 nitrogen and oxygen atoms in total. The number of sulfone groups is 1. The number of allylic oxidation sites excluding steroid dienone is 2. The predicted molar refractivity (Wildman–Crippen MR) is 54.7 cm³/mol. The van der Waals surface area contributed by atoms with E-state index in [4.69, 9.17) is 0 Å². The Morgan fingerprint density at radius 2 is 2.07 bits per heavy atom. The second kappa shape index (κ2) is 4.13. The van der Waals surface area contributed by atoms with Crippen LogP contribution >= 0.6 is 0 Å². The molecule has 0 aromatic carbocycles. The van der Waals surface area contributed by atoms with Crippen molar-refractivity contribution in [1.82, 2.24) is 4.90 Å². The van der Waals surface area contributed by atoms with Gasteiger partial charge < -0.3 is 4.90 Å². The van der Waals surface area contributed by atoms with E-state index >= 15 is 0 Å². The number of carbonyl (C=O) groups excluding carboxylic acids is 1. The molecule has 0 radical (unpaired) electrons. The van der Waals surface area contributed by atoms with E-state index < -0.39 is 9.84 Å². The Hall–Kier alpha value is -0.840. The number of ketones is 1. The zero-order valence-electron chi connectivity index (χ0n) is 8.49. The minimum atomic E-state index is -2.92. The van der Waals surface area contributed by atoms with Gasteiger partial charge in [-0.3, -0.25) is 4.79 Å². The quantitative estimate of drug-likeness (QED) is 0.675. The molecule has 5 heteroatoms. The summed E-state index contributed by atoms with van der Waals surface area (Å²) in [5.74, 6) is 0.265. The van der Waals surface area contributed by atoms with Crippen molar-refractivity contribution >= 4 is 15.6 Å². The predicted octanol–water partition coefficient (Wildman–Crippen LogP) is 0.210. The Balaban J connectivity index is 2.47. The van der Waals surface area contributed by atoms with Crippen molar-refractivity contribution in [2.45, 2.75) is 12.8 Å². The number of nitrogens with zero attached hydrogens (tertiary/aromatic N) is 1. The van der Waals surface area contributed by atoms with E-state index in [-0.39, 0.29) is 11.5 Å². The smallest absolute Gasteiger partial charge is 0.157 e. The molecule has 0 spiro atoms. The Kier molecular flexibility index (Phi) is 3.31. The first kappa shape index (κ1) is 11.2. The molecule has 14 heavy (non-hydrogen) atoms. The third-order valence-corrected chi connectivity index (χ3v) is 3.17. The van der Waals surface area contributed by atoms with E-state index in [1.165, 1.54) is 6.26 Å². The van der Waals surface area contributed by atoms with Gasteiger partial charge in [0.15, 0.2) is 5.78 Å². The highest BCUT2D eigenvalue weighted by molar-refractivity contribution is 7.90. The molecule has 0 heterocycles. The number of hydrogen-bond donors (Lipinski definition) is 0. The molecule has 80 valence electrons. The molecular weight excluding hydrogens is 202 g/mol. The van der Waals surface area contributed by atoms with Gasteiger partial charge in [0, 0.05) is 38.0 Å². The van der Waals surface area contributed by atoms with Crippen LogP contribution in [0.1, 0.15) is 12.8 Å². The maximum absolute atomic E-state index is 10.9. The van der Waals surface area contributed by atoms with Crippen molar-refractivity contribution in [3.8, 4) is 0 Å². The lowest BCUT2D eigenvalue weighted by atomic mass is 10.3. The average molecular weight is 217 g/mol. The Morgan fingerprint density at radius 3 is 2.50 bits per heavy atom. The number of hydrogen-bond acceptors (Lipinski definition) is 4. The Bertz CT molecular complexity index is 356. The summed E-state index contributed by atoms with van der Waals surface area (Å²) in [6.07, 6.45) is 4.11. The van der Waals surface area contributed by atoms with Crippen molar-refractivity contribution in [2.75, 3.05) is 25.6 Å². The van der Waals surface area contributed by atoms with Crippen molar-refractivity contribution in [1.29, 1.82) is 0 Å². The fourth-order valence-corrected chi connectivity index (χ4v) is 1.93. The van der Waals surface area contributed by atoms with Gasteiger partial charge in [0.05, 0.1) is 5.75 Å². The van der Waals surface area contributed by atoms with Crippen LogP contribution in [0.25, 0.3) is 0 Å². The molecule has 0 aliphatic heterocycles. The van der Waals surface area contributed by atoms with Gasteiger partial charge in [-0.2, -0.15) is 0 Å². The second-order valence-corrected chi connectivity index (χ2v) is 5.91. The van der Waals surface area contributed by atoms with Crippen molar-refractivity contribution < 1.29 is 13.2 Å². The summed E-state index contributed by atoms with van der Waals surface area (Å²) in [5, 5.41) is 0. The summed E-state index contributed by atoms with van der Waals surface area (Å²) in [4.78, 5) is 12.8. The Labute approximate surface area is 84.5 Å². The van der Waals surface area contributed by atoms with Gasteiger partial charge in [0.25, 0.3) is 0 Å². The van der Waals surface area contributed by atoms with Crippen LogP contribution in [0.3, 0.4) is 0 Å². The van der Waals surface area contributed by atoms with Crippen LogP contribution in [0.15, 0.2) is 11.8 Å². The monoisotopic (exact) mass is 217 g/mol. The lowest BCUT2D eigenvalue weighted by Gasteiger charge is -2.19. The van der Waals surface area contributed by atoms with Gasteiger partial charge in [-0.05, 0) is 6.42 Å². The fourth-order valence-electron chi connectivity index (χ4n) is 1.33. The van der Waals surface area contributed by atoms with Crippen LogP contribution in [0.4, 0.5) is 0 Å². The van der Waals surface area contributed by atoms with Crippen LogP contribution in [0.2, 0.25) is 0 Å². The summed E-state index contributed by atoms with van der Waals surface area (Å²) >= 11 is 0. The third kappa shape index (κ3) is 3.49. The van der Waals surface area contributed by atoms with E-state index in [9.17, 15) is 13.2 Å². The van der Waals surface area contributed by atoms with Crippen molar-refractivity contribution in [3.63, 3.8) is 0 Å². The van der Waals surface area contributed by atoms with Crippen molar-refractivity contribution in [2.24, 2.45) is 0 Å². The highest BCUT2D eigenvalue weighted by atomic mass is 32.2. The van der Waals surface area contributed by atoms with Crippen LogP contribution in [0.5, 0.6) is 0 Å². The summed E-state index contributed by atoms with van der Waals surface area (Å²) < 4.78 is 21.8. The molecule has 0 saturated heterocycles. The van der Waals surface area contributed by atoms with E-state index in [0.717, 1.165) is 12.1 Å². The van der Waals surface area contributed by atoms with E-state index in [0.29, 0.717) is 13.0 Å². The second-order valence-electron chi connectivity index (χ2n) is 3.65. The molecule has 1 rings (SSSR count). The number of rotatable bonds is 4. The van der Waals surface area contributed by atoms with Gasteiger partial charge >= 0.3 is 0 Å². The lowest BCUT2D eigenvalue weighted by molar-refractivity contribution is -0.114. The van der Waals surface area contributed by atoms with Gasteiger partial charge in [0.1, 0.15) is 9.84 Å². The zero-order chi connectivity index (χ0) is 10.8. The lowest BCUT2D eigenvalue weighted by Crippen LogP contribution is -2.24. The molecule has 1 aliphatic carbocycles. The maximum Gasteiger partial charge on any atom is 0.157 e. The van der Waals surface area contributed by atoms with Gasteiger partial charge in [-0.15, -0.1) is 0 Å². The average Bonchev–Trinajstić information content (AvgIpc) is 2.46. The molecule has 0 aromatic rings. The highest BCUT2D eigenvalue weighted by Gasteiger charge is 2.16. The largest absolute Gasteiger partial charge is 0.377 e. The summed E-state index contributed by atoms with van der Waals surface area (Å²) in [6.45, 7) is 0.456. The Morgan fingerprint density at radius 1 is 1.43 bits per heavy atom. The molecule has 0 unspecified atom stereocenters. The third-order valence-electron chi connectivity index (χ3n) is 2.24. The SMILES string of the molecule is CN(CCS(C)(=O)=O)C1=CC(=O)CC1. The number of carbonyl (C=O) groups is 1. The summed E-state index contributed by atoms with van der Waals surface area (Å²) in [6, 6.07) is 0.